The number of amides is 1. The van der Waals surface area contributed by atoms with Crippen LogP contribution in [0.2, 0.25) is 0 Å². The van der Waals surface area contributed by atoms with E-state index in [4.69, 9.17) is 5.26 Å². The van der Waals surface area contributed by atoms with Gasteiger partial charge in [0.05, 0.1) is 6.20 Å². The van der Waals surface area contributed by atoms with Crippen molar-refractivity contribution in [2.24, 2.45) is 0 Å². The van der Waals surface area contributed by atoms with Crippen molar-refractivity contribution < 1.29 is 9.18 Å². The smallest absolute Gasteiger partial charge is 0.272 e. The molecule has 3 aromatic rings. The maximum absolute atomic E-state index is 13.2. The highest BCUT2D eigenvalue weighted by Crippen LogP contribution is 2.17. The highest BCUT2D eigenvalue weighted by atomic mass is 19.1. The molecule has 6 nitrogen and oxygen atoms in total. The number of hydrogen-bond acceptors (Lipinski definition) is 4. The number of benzene rings is 2. The molecular weight excluding hydrogens is 359 g/mol. The molecule has 7 heteroatoms. The second-order valence-corrected chi connectivity index (χ2v) is 6.10. The Bertz CT molecular complexity index is 1100. The molecule has 1 heterocycles. The predicted octanol–water partition coefficient (Wildman–Crippen LogP) is 3.12. The highest BCUT2D eigenvalue weighted by Gasteiger charge is 2.15. The van der Waals surface area contributed by atoms with Crippen molar-refractivity contribution in [2.75, 3.05) is 5.32 Å². The number of rotatable bonds is 5. The fourth-order valence-corrected chi connectivity index (χ4v) is 2.71. The Morgan fingerprint density at radius 1 is 1.18 bits per heavy atom. The fourth-order valence-electron chi connectivity index (χ4n) is 2.71. The highest BCUT2D eigenvalue weighted by molar-refractivity contribution is 5.90. The summed E-state index contributed by atoms with van der Waals surface area (Å²) in [6.45, 7) is 1.70. The van der Waals surface area contributed by atoms with Gasteiger partial charge < -0.3 is 5.32 Å². The largest absolute Gasteiger partial charge is 0.325 e. The van der Waals surface area contributed by atoms with E-state index >= 15 is 0 Å². The summed E-state index contributed by atoms with van der Waals surface area (Å²) in [5.74, 6) is -0.688. The second kappa shape index (κ2) is 8.27. The van der Waals surface area contributed by atoms with Crippen LogP contribution in [-0.4, -0.2) is 15.5 Å². The molecule has 140 valence electrons. The van der Waals surface area contributed by atoms with Gasteiger partial charge in [-0.2, -0.15) is 5.26 Å². The third-order valence-corrected chi connectivity index (χ3v) is 4.22. The normalized spacial score (nSPS) is 10.3. The molecule has 1 amide bonds. The molecule has 0 radical (unpaired) electrons. The number of nitriles is 1. The van der Waals surface area contributed by atoms with Crippen LogP contribution in [0.4, 0.5) is 10.1 Å². The van der Waals surface area contributed by atoms with E-state index in [1.54, 1.807) is 18.2 Å². The average molecular weight is 376 g/mol. The Morgan fingerprint density at radius 3 is 2.46 bits per heavy atom. The number of carbonyl (C=O) groups excluding carboxylic acids is 1. The summed E-state index contributed by atoms with van der Waals surface area (Å²) >= 11 is 0. The zero-order valence-electron chi connectivity index (χ0n) is 15.1. The second-order valence-electron chi connectivity index (χ2n) is 6.10. The maximum Gasteiger partial charge on any atom is 0.272 e. The van der Waals surface area contributed by atoms with Crippen molar-refractivity contribution in [3.8, 4) is 17.5 Å². The number of aryl methyl sites for hydroxylation is 1. The standard InChI is InChI=1S/C21H17FN4O2/c1-2-14-3-9-18(10-4-14)25-19(27)13-26-20(15-5-7-17(22)8-6-15)24-12-16(11-23)21(26)28/h3-10,12H,2,13H2,1H3,(H,25,27). The third-order valence-electron chi connectivity index (χ3n) is 4.22. The molecule has 0 saturated carbocycles. The Hall–Kier alpha value is -3.79. The van der Waals surface area contributed by atoms with E-state index in [1.807, 2.05) is 19.1 Å². The first-order valence-corrected chi connectivity index (χ1v) is 8.66. The lowest BCUT2D eigenvalue weighted by Crippen LogP contribution is -2.31. The van der Waals surface area contributed by atoms with Crippen LogP contribution in [0, 0.1) is 17.1 Å². The van der Waals surface area contributed by atoms with Crippen molar-refractivity contribution in [1.29, 1.82) is 5.26 Å². The quantitative estimate of drug-likeness (QED) is 0.741. The first-order chi connectivity index (χ1) is 13.5. The Labute approximate surface area is 160 Å². The van der Waals surface area contributed by atoms with Gasteiger partial charge in [0.2, 0.25) is 5.91 Å². The van der Waals surface area contributed by atoms with Gasteiger partial charge in [-0.05, 0) is 48.4 Å². The lowest BCUT2D eigenvalue weighted by molar-refractivity contribution is -0.116. The zero-order valence-corrected chi connectivity index (χ0v) is 15.1. The molecule has 0 saturated heterocycles. The molecule has 28 heavy (non-hydrogen) atoms. The van der Waals surface area contributed by atoms with Crippen molar-refractivity contribution in [3.63, 3.8) is 0 Å². The molecule has 0 spiro atoms. The lowest BCUT2D eigenvalue weighted by atomic mass is 10.1. The molecule has 0 fully saturated rings. The van der Waals surface area contributed by atoms with E-state index in [0.29, 0.717) is 11.3 Å². The number of halogens is 1. The van der Waals surface area contributed by atoms with Crippen molar-refractivity contribution >= 4 is 11.6 Å². The van der Waals surface area contributed by atoms with E-state index in [-0.39, 0.29) is 17.9 Å². The Balaban J connectivity index is 1.92. The van der Waals surface area contributed by atoms with E-state index in [2.05, 4.69) is 10.3 Å². The van der Waals surface area contributed by atoms with Crippen LogP contribution in [0.5, 0.6) is 0 Å². The van der Waals surface area contributed by atoms with Gasteiger partial charge >= 0.3 is 0 Å². The average Bonchev–Trinajstić information content (AvgIpc) is 2.71. The third kappa shape index (κ3) is 4.13. The fraction of sp³-hybridized carbons (Fsp3) is 0.143. The SMILES string of the molecule is CCc1ccc(NC(=O)Cn2c(-c3ccc(F)cc3)ncc(C#N)c2=O)cc1. The van der Waals surface area contributed by atoms with Crippen LogP contribution in [0.15, 0.2) is 59.5 Å². The van der Waals surface area contributed by atoms with Crippen LogP contribution in [0.1, 0.15) is 18.1 Å². The number of anilines is 1. The minimum absolute atomic E-state index is 0.175. The first kappa shape index (κ1) is 19.0. The summed E-state index contributed by atoms with van der Waals surface area (Å²) in [7, 11) is 0. The van der Waals surface area contributed by atoms with E-state index < -0.39 is 17.3 Å². The molecule has 1 N–H and O–H groups in total. The van der Waals surface area contributed by atoms with E-state index in [9.17, 15) is 14.0 Å². The van der Waals surface area contributed by atoms with Crippen LogP contribution in [0.25, 0.3) is 11.4 Å². The van der Waals surface area contributed by atoms with Crippen LogP contribution >= 0.6 is 0 Å². The number of carbonyl (C=O) groups is 1. The topological polar surface area (TPSA) is 87.8 Å². The molecule has 0 atom stereocenters. The molecule has 0 bridgehead atoms. The van der Waals surface area contributed by atoms with Crippen molar-refractivity contribution in [2.45, 2.75) is 19.9 Å². The summed E-state index contributed by atoms with van der Waals surface area (Å²) in [5.41, 5.74) is 1.39. The zero-order chi connectivity index (χ0) is 20.1. The van der Waals surface area contributed by atoms with E-state index in [1.165, 1.54) is 24.3 Å². The Kier molecular flexibility index (Phi) is 5.61. The number of nitrogens with zero attached hydrogens (tertiary/aromatic N) is 3. The monoisotopic (exact) mass is 376 g/mol. The maximum atomic E-state index is 13.2. The summed E-state index contributed by atoms with van der Waals surface area (Å²) in [4.78, 5) is 29.2. The summed E-state index contributed by atoms with van der Waals surface area (Å²) in [6.07, 6.45) is 2.04. The van der Waals surface area contributed by atoms with Crippen LogP contribution in [-0.2, 0) is 17.8 Å². The van der Waals surface area contributed by atoms with Gasteiger partial charge in [0, 0.05) is 11.3 Å². The molecule has 1 aromatic heterocycles. The van der Waals surface area contributed by atoms with Gasteiger partial charge in [0.1, 0.15) is 29.8 Å². The summed E-state index contributed by atoms with van der Waals surface area (Å²) in [6, 6.07) is 14.5. The molecule has 3 rings (SSSR count). The minimum atomic E-state index is -0.631. The van der Waals surface area contributed by atoms with Gasteiger partial charge in [-0.25, -0.2) is 9.37 Å². The molecule has 0 aliphatic rings. The molecule has 2 aromatic carbocycles. The molecule has 0 aliphatic heterocycles. The Morgan fingerprint density at radius 2 is 1.86 bits per heavy atom. The van der Waals surface area contributed by atoms with Gasteiger partial charge in [-0.15, -0.1) is 0 Å². The van der Waals surface area contributed by atoms with Gasteiger partial charge in [0.25, 0.3) is 5.56 Å². The van der Waals surface area contributed by atoms with Gasteiger partial charge in [0.15, 0.2) is 0 Å². The molecular formula is C21H17FN4O2. The molecule has 0 unspecified atom stereocenters. The number of aromatic nitrogens is 2. The van der Waals surface area contributed by atoms with Crippen molar-refractivity contribution in [3.05, 3.63) is 82.0 Å². The minimum Gasteiger partial charge on any atom is -0.325 e. The lowest BCUT2D eigenvalue weighted by Gasteiger charge is -2.13. The van der Waals surface area contributed by atoms with Crippen LogP contribution in [0.3, 0.4) is 0 Å². The van der Waals surface area contributed by atoms with Gasteiger partial charge in [-0.1, -0.05) is 19.1 Å². The van der Waals surface area contributed by atoms with Gasteiger partial charge in [-0.3, -0.25) is 14.2 Å². The van der Waals surface area contributed by atoms with Crippen LogP contribution < -0.4 is 10.9 Å². The van der Waals surface area contributed by atoms with E-state index in [0.717, 1.165) is 22.7 Å². The van der Waals surface area contributed by atoms with Crippen molar-refractivity contribution in [1.82, 2.24) is 9.55 Å². The summed E-state index contributed by atoms with van der Waals surface area (Å²) in [5, 5.41) is 11.8. The number of hydrogen-bond donors (Lipinski definition) is 1. The number of nitrogens with one attached hydrogen (secondary N) is 1. The predicted molar refractivity (Wildman–Crippen MR) is 103 cm³/mol. The first-order valence-electron chi connectivity index (χ1n) is 8.66. The summed E-state index contributed by atoms with van der Waals surface area (Å²) < 4.78 is 14.3. The molecule has 0 aliphatic carbocycles.